The molecule has 0 spiro atoms. The molecule has 1 aliphatic rings. The van der Waals surface area contributed by atoms with E-state index in [1.54, 1.807) is 24.3 Å². The molecule has 8 heteroatoms. The van der Waals surface area contributed by atoms with Crippen molar-refractivity contribution in [3.63, 3.8) is 0 Å². The molecule has 142 valence electrons. The lowest BCUT2D eigenvalue weighted by Crippen LogP contribution is -2.38. The van der Waals surface area contributed by atoms with E-state index >= 15 is 0 Å². The summed E-state index contributed by atoms with van der Waals surface area (Å²) in [6, 6.07) is 10.9. The van der Waals surface area contributed by atoms with Crippen molar-refractivity contribution in [3.05, 3.63) is 59.7 Å². The molecule has 1 N–H and O–H groups in total. The first kappa shape index (κ1) is 18.8. The van der Waals surface area contributed by atoms with Crippen molar-refractivity contribution in [1.82, 2.24) is 5.32 Å². The standard InChI is InChI=1S/C19H17F3N2O3/c1-27-14-6-4-5-13(10-14)24-11-12(9-17(24)25)23-18(26)15-7-2-3-8-16(15)19(20,21)22/h2-8,10,12H,9,11H2,1H3,(H,23,26)/t12-/m0/s1. The highest BCUT2D eigenvalue weighted by molar-refractivity contribution is 5.99. The molecule has 1 saturated heterocycles. The zero-order valence-electron chi connectivity index (χ0n) is 14.4. The third kappa shape index (κ3) is 4.05. The van der Waals surface area contributed by atoms with Gasteiger partial charge in [0.25, 0.3) is 5.91 Å². The number of rotatable bonds is 4. The quantitative estimate of drug-likeness (QED) is 0.889. The van der Waals surface area contributed by atoms with Crippen molar-refractivity contribution < 1.29 is 27.5 Å². The van der Waals surface area contributed by atoms with E-state index in [4.69, 9.17) is 4.74 Å². The van der Waals surface area contributed by atoms with Gasteiger partial charge in [0, 0.05) is 24.7 Å². The number of methoxy groups -OCH3 is 1. The second-order valence-electron chi connectivity index (χ2n) is 6.12. The summed E-state index contributed by atoms with van der Waals surface area (Å²) in [4.78, 5) is 26.1. The molecule has 0 saturated carbocycles. The Hall–Kier alpha value is -3.03. The van der Waals surface area contributed by atoms with Gasteiger partial charge in [0.2, 0.25) is 5.91 Å². The van der Waals surface area contributed by atoms with Crippen LogP contribution in [-0.2, 0) is 11.0 Å². The van der Waals surface area contributed by atoms with Crippen LogP contribution in [0, 0.1) is 0 Å². The lowest BCUT2D eigenvalue weighted by molar-refractivity contribution is -0.138. The predicted molar refractivity (Wildman–Crippen MR) is 92.7 cm³/mol. The zero-order chi connectivity index (χ0) is 19.6. The van der Waals surface area contributed by atoms with Crippen molar-refractivity contribution in [2.24, 2.45) is 0 Å². The van der Waals surface area contributed by atoms with Crippen molar-refractivity contribution in [3.8, 4) is 5.75 Å². The summed E-state index contributed by atoms with van der Waals surface area (Å²) in [7, 11) is 1.51. The number of anilines is 1. The monoisotopic (exact) mass is 378 g/mol. The molecule has 2 amide bonds. The SMILES string of the molecule is COc1cccc(N2C[C@@H](NC(=O)c3ccccc3C(F)(F)F)CC2=O)c1. The number of hydrogen-bond acceptors (Lipinski definition) is 3. The minimum atomic E-state index is -4.63. The Morgan fingerprint density at radius 1 is 1.19 bits per heavy atom. The molecule has 1 atom stereocenters. The highest BCUT2D eigenvalue weighted by Gasteiger charge is 2.37. The number of alkyl halides is 3. The summed E-state index contributed by atoms with van der Waals surface area (Å²) in [5.74, 6) is -0.502. The molecule has 0 bridgehead atoms. The van der Waals surface area contributed by atoms with Gasteiger partial charge in [-0.2, -0.15) is 13.2 Å². The number of nitrogens with one attached hydrogen (secondary N) is 1. The third-order valence-electron chi connectivity index (χ3n) is 4.30. The molecule has 2 aromatic carbocycles. The van der Waals surface area contributed by atoms with Gasteiger partial charge < -0.3 is 15.0 Å². The normalized spacial score (nSPS) is 17.1. The maximum absolute atomic E-state index is 13.1. The van der Waals surface area contributed by atoms with Crippen LogP contribution in [0.25, 0.3) is 0 Å². The van der Waals surface area contributed by atoms with E-state index in [0.717, 1.165) is 12.1 Å². The maximum atomic E-state index is 13.1. The third-order valence-corrected chi connectivity index (χ3v) is 4.30. The van der Waals surface area contributed by atoms with E-state index in [2.05, 4.69) is 5.32 Å². The van der Waals surface area contributed by atoms with Gasteiger partial charge in [-0.15, -0.1) is 0 Å². The predicted octanol–water partition coefficient (Wildman–Crippen LogP) is 3.25. The topological polar surface area (TPSA) is 58.6 Å². The molecule has 27 heavy (non-hydrogen) atoms. The Bertz CT molecular complexity index is 867. The molecular formula is C19H17F3N2O3. The Kier molecular flexibility index (Phi) is 5.07. The number of halogens is 3. The molecule has 0 aromatic heterocycles. The van der Waals surface area contributed by atoms with Crippen molar-refractivity contribution in [2.45, 2.75) is 18.6 Å². The van der Waals surface area contributed by atoms with Crippen molar-refractivity contribution in [2.75, 3.05) is 18.6 Å². The van der Waals surface area contributed by atoms with E-state index in [1.807, 2.05) is 0 Å². The van der Waals surface area contributed by atoms with Gasteiger partial charge in [0.05, 0.1) is 24.3 Å². The minimum Gasteiger partial charge on any atom is -0.497 e. The Morgan fingerprint density at radius 3 is 2.63 bits per heavy atom. The lowest BCUT2D eigenvalue weighted by atomic mass is 10.1. The number of carbonyl (C=O) groups excluding carboxylic acids is 2. The highest BCUT2D eigenvalue weighted by Crippen LogP contribution is 2.32. The lowest BCUT2D eigenvalue weighted by Gasteiger charge is -2.18. The molecular weight excluding hydrogens is 361 g/mol. The second-order valence-corrected chi connectivity index (χ2v) is 6.12. The van der Waals surface area contributed by atoms with E-state index < -0.39 is 29.3 Å². The summed E-state index contributed by atoms with van der Waals surface area (Å²) in [6.45, 7) is 0.173. The number of amides is 2. The average Bonchev–Trinajstić information content (AvgIpc) is 3.01. The summed E-state index contributed by atoms with van der Waals surface area (Å²) < 4.78 is 44.4. The van der Waals surface area contributed by atoms with Crippen LogP contribution in [0.15, 0.2) is 48.5 Å². The van der Waals surface area contributed by atoms with Crippen LogP contribution in [-0.4, -0.2) is 31.5 Å². The summed E-state index contributed by atoms with van der Waals surface area (Å²) in [5.41, 5.74) is -0.861. The number of ether oxygens (including phenoxy) is 1. The van der Waals surface area contributed by atoms with Gasteiger partial charge in [-0.05, 0) is 24.3 Å². The fourth-order valence-corrected chi connectivity index (χ4v) is 3.02. The molecule has 1 fully saturated rings. The van der Waals surface area contributed by atoms with Gasteiger partial charge in [0.1, 0.15) is 5.75 Å². The summed E-state index contributed by atoms with van der Waals surface area (Å²) >= 11 is 0. The van der Waals surface area contributed by atoms with Crippen LogP contribution >= 0.6 is 0 Å². The number of benzene rings is 2. The fourth-order valence-electron chi connectivity index (χ4n) is 3.02. The van der Waals surface area contributed by atoms with E-state index in [-0.39, 0.29) is 18.9 Å². The zero-order valence-corrected chi connectivity index (χ0v) is 14.4. The van der Waals surface area contributed by atoms with Crippen LogP contribution < -0.4 is 15.0 Å². The molecule has 0 aliphatic carbocycles. The van der Waals surface area contributed by atoms with Crippen LogP contribution in [0.3, 0.4) is 0 Å². The number of carbonyl (C=O) groups is 2. The molecule has 3 rings (SSSR count). The van der Waals surface area contributed by atoms with Gasteiger partial charge in [-0.1, -0.05) is 18.2 Å². The smallest absolute Gasteiger partial charge is 0.417 e. The van der Waals surface area contributed by atoms with Crippen LogP contribution in [0.2, 0.25) is 0 Å². The molecule has 1 heterocycles. The summed E-state index contributed by atoms with van der Waals surface area (Å²) in [6.07, 6.45) is -4.62. The van der Waals surface area contributed by atoms with Crippen molar-refractivity contribution >= 4 is 17.5 Å². The molecule has 5 nitrogen and oxygen atoms in total. The molecule has 0 unspecified atom stereocenters. The number of hydrogen-bond donors (Lipinski definition) is 1. The number of nitrogens with zero attached hydrogens (tertiary/aromatic N) is 1. The van der Waals surface area contributed by atoms with Gasteiger partial charge in [-0.3, -0.25) is 9.59 Å². The maximum Gasteiger partial charge on any atom is 0.417 e. The van der Waals surface area contributed by atoms with Crippen LogP contribution in [0.1, 0.15) is 22.3 Å². The van der Waals surface area contributed by atoms with Crippen LogP contribution in [0.4, 0.5) is 18.9 Å². The van der Waals surface area contributed by atoms with Crippen LogP contribution in [0.5, 0.6) is 5.75 Å². The van der Waals surface area contributed by atoms with E-state index in [9.17, 15) is 22.8 Å². The van der Waals surface area contributed by atoms with E-state index in [1.165, 1.54) is 24.1 Å². The second kappa shape index (κ2) is 7.30. The first-order chi connectivity index (χ1) is 12.8. The van der Waals surface area contributed by atoms with Crippen molar-refractivity contribution in [1.29, 1.82) is 0 Å². The average molecular weight is 378 g/mol. The highest BCUT2D eigenvalue weighted by atomic mass is 19.4. The largest absolute Gasteiger partial charge is 0.497 e. The van der Waals surface area contributed by atoms with Gasteiger partial charge >= 0.3 is 6.18 Å². The first-order valence-electron chi connectivity index (χ1n) is 8.21. The Balaban J connectivity index is 1.74. The fraction of sp³-hybridized carbons (Fsp3) is 0.263. The first-order valence-corrected chi connectivity index (χ1v) is 8.21. The Morgan fingerprint density at radius 2 is 1.93 bits per heavy atom. The molecule has 1 aliphatic heterocycles. The van der Waals surface area contributed by atoms with Gasteiger partial charge in [0.15, 0.2) is 0 Å². The molecule has 0 radical (unpaired) electrons. The summed E-state index contributed by atoms with van der Waals surface area (Å²) in [5, 5.41) is 2.53. The van der Waals surface area contributed by atoms with E-state index in [0.29, 0.717) is 11.4 Å². The minimum absolute atomic E-state index is 0.0110. The van der Waals surface area contributed by atoms with Gasteiger partial charge in [-0.25, -0.2) is 0 Å². The molecule has 2 aromatic rings. The Labute approximate surface area is 153 Å².